The van der Waals surface area contributed by atoms with Crippen molar-refractivity contribution < 1.29 is 19.1 Å². The van der Waals surface area contributed by atoms with Gasteiger partial charge in [0.15, 0.2) is 0 Å². The van der Waals surface area contributed by atoms with Crippen molar-refractivity contribution in [2.45, 2.75) is 20.0 Å². The molecule has 0 saturated carbocycles. The molecule has 0 aliphatic carbocycles. The maximum absolute atomic E-state index is 11.6. The van der Waals surface area contributed by atoms with Crippen molar-refractivity contribution >= 4 is 11.9 Å². The van der Waals surface area contributed by atoms with Crippen LogP contribution in [0.2, 0.25) is 0 Å². The summed E-state index contributed by atoms with van der Waals surface area (Å²) in [7, 11) is 4.95. The van der Waals surface area contributed by atoms with E-state index in [4.69, 9.17) is 9.47 Å². The van der Waals surface area contributed by atoms with Crippen LogP contribution in [0.25, 0.3) is 0 Å². The summed E-state index contributed by atoms with van der Waals surface area (Å²) >= 11 is 0. The van der Waals surface area contributed by atoms with Gasteiger partial charge in [-0.2, -0.15) is 0 Å². The van der Waals surface area contributed by atoms with Gasteiger partial charge in [0.25, 0.3) is 0 Å². The van der Waals surface area contributed by atoms with Crippen molar-refractivity contribution in [3.8, 4) is 0 Å². The standard InChI is InChI=1S/C12H24N2O4/c1-10(2)18-12(16)9-14(6-7-17-5)8-11(15)13(3)4/h10H,6-9H2,1-5H3. The first-order chi connectivity index (χ1) is 8.36. The molecule has 0 aliphatic heterocycles. The van der Waals surface area contributed by atoms with Crippen LogP contribution in [0, 0.1) is 0 Å². The van der Waals surface area contributed by atoms with Crippen LogP contribution >= 0.6 is 0 Å². The number of esters is 1. The van der Waals surface area contributed by atoms with Gasteiger partial charge in [0.05, 0.1) is 25.8 Å². The lowest BCUT2D eigenvalue weighted by Crippen LogP contribution is -2.41. The topological polar surface area (TPSA) is 59.1 Å². The maximum atomic E-state index is 11.6. The van der Waals surface area contributed by atoms with Crippen LogP contribution in [-0.4, -0.2) is 75.2 Å². The maximum Gasteiger partial charge on any atom is 0.320 e. The van der Waals surface area contributed by atoms with Crippen LogP contribution in [0.15, 0.2) is 0 Å². The minimum atomic E-state index is -0.326. The first-order valence-corrected chi connectivity index (χ1v) is 5.97. The molecule has 0 spiro atoms. The second-order valence-electron chi connectivity index (χ2n) is 4.53. The molecule has 0 aromatic rings. The fourth-order valence-corrected chi connectivity index (χ4v) is 1.25. The number of hydrogen-bond donors (Lipinski definition) is 0. The zero-order valence-corrected chi connectivity index (χ0v) is 11.9. The fourth-order valence-electron chi connectivity index (χ4n) is 1.25. The van der Waals surface area contributed by atoms with E-state index in [0.717, 1.165) is 0 Å². The highest BCUT2D eigenvalue weighted by Crippen LogP contribution is 1.96. The Bertz CT molecular complexity index is 267. The molecule has 0 aromatic heterocycles. The van der Waals surface area contributed by atoms with E-state index in [1.807, 2.05) is 0 Å². The smallest absolute Gasteiger partial charge is 0.320 e. The van der Waals surface area contributed by atoms with E-state index in [9.17, 15) is 9.59 Å². The lowest BCUT2D eigenvalue weighted by molar-refractivity contribution is -0.149. The average Bonchev–Trinajstić information content (AvgIpc) is 2.24. The van der Waals surface area contributed by atoms with Gasteiger partial charge in [0.1, 0.15) is 0 Å². The zero-order valence-electron chi connectivity index (χ0n) is 11.9. The Balaban J connectivity index is 4.30. The summed E-state index contributed by atoms with van der Waals surface area (Å²) in [5, 5.41) is 0. The van der Waals surface area contributed by atoms with Crippen LogP contribution in [0.4, 0.5) is 0 Å². The summed E-state index contributed by atoms with van der Waals surface area (Å²) in [6, 6.07) is 0. The highest BCUT2D eigenvalue weighted by atomic mass is 16.5. The molecule has 6 nitrogen and oxygen atoms in total. The molecule has 0 saturated heterocycles. The SMILES string of the molecule is COCCN(CC(=O)OC(C)C)CC(=O)N(C)C. The molecule has 106 valence electrons. The van der Waals surface area contributed by atoms with Gasteiger partial charge in [-0.3, -0.25) is 14.5 Å². The molecule has 0 aromatic carbocycles. The summed E-state index contributed by atoms with van der Waals surface area (Å²) in [4.78, 5) is 26.4. The number of amides is 1. The van der Waals surface area contributed by atoms with Crippen molar-refractivity contribution in [1.82, 2.24) is 9.80 Å². The van der Waals surface area contributed by atoms with Crippen molar-refractivity contribution in [2.75, 3.05) is 47.4 Å². The summed E-state index contributed by atoms with van der Waals surface area (Å²) in [5.41, 5.74) is 0. The number of hydrogen-bond acceptors (Lipinski definition) is 5. The summed E-state index contributed by atoms with van der Waals surface area (Å²) in [6.45, 7) is 4.86. The first-order valence-electron chi connectivity index (χ1n) is 5.97. The summed E-state index contributed by atoms with van der Waals surface area (Å²) in [5.74, 6) is -0.379. The van der Waals surface area contributed by atoms with Crippen molar-refractivity contribution in [1.29, 1.82) is 0 Å². The Kier molecular flexibility index (Phi) is 8.32. The molecule has 0 fully saturated rings. The Morgan fingerprint density at radius 1 is 1.17 bits per heavy atom. The number of methoxy groups -OCH3 is 1. The van der Waals surface area contributed by atoms with Crippen LogP contribution < -0.4 is 0 Å². The molecule has 0 bridgehead atoms. The zero-order chi connectivity index (χ0) is 14.1. The second-order valence-corrected chi connectivity index (χ2v) is 4.53. The molecule has 0 rings (SSSR count). The summed E-state index contributed by atoms with van der Waals surface area (Å²) in [6.07, 6.45) is -0.147. The Labute approximate surface area is 109 Å². The van der Waals surface area contributed by atoms with Gasteiger partial charge in [-0.1, -0.05) is 0 Å². The normalized spacial score (nSPS) is 10.8. The Hall–Kier alpha value is -1.14. The third-order valence-corrected chi connectivity index (χ3v) is 2.19. The van der Waals surface area contributed by atoms with Crippen LogP contribution in [0.5, 0.6) is 0 Å². The monoisotopic (exact) mass is 260 g/mol. The van der Waals surface area contributed by atoms with Gasteiger partial charge in [-0.25, -0.2) is 0 Å². The molecule has 0 atom stereocenters. The first kappa shape index (κ1) is 16.9. The minimum absolute atomic E-state index is 0.0524. The number of carbonyl (C=O) groups is 2. The quantitative estimate of drug-likeness (QED) is 0.574. The molecule has 0 aliphatic rings. The molecule has 0 heterocycles. The van der Waals surface area contributed by atoms with E-state index in [0.29, 0.717) is 13.2 Å². The third kappa shape index (κ3) is 8.03. The van der Waals surface area contributed by atoms with E-state index in [1.165, 1.54) is 4.90 Å². The van der Waals surface area contributed by atoms with Crippen molar-refractivity contribution in [3.05, 3.63) is 0 Å². The molecular formula is C12H24N2O4. The third-order valence-electron chi connectivity index (χ3n) is 2.19. The van der Waals surface area contributed by atoms with Crippen LogP contribution in [0.3, 0.4) is 0 Å². The minimum Gasteiger partial charge on any atom is -0.462 e. The molecule has 0 unspecified atom stereocenters. The molecule has 0 N–H and O–H groups in total. The Morgan fingerprint density at radius 2 is 1.78 bits per heavy atom. The van der Waals surface area contributed by atoms with Crippen LogP contribution in [-0.2, 0) is 19.1 Å². The van der Waals surface area contributed by atoms with Crippen molar-refractivity contribution in [3.63, 3.8) is 0 Å². The molecule has 0 radical (unpaired) electrons. The van der Waals surface area contributed by atoms with Gasteiger partial charge < -0.3 is 14.4 Å². The largest absolute Gasteiger partial charge is 0.462 e. The second kappa shape index (κ2) is 8.88. The van der Waals surface area contributed by atoms with Gasteiger partial charge in [-0.15, -0.1) is 0 Å². The van der Waals surface area contributed by atoms with Crippen molar-refractivity contribution in [2.24, 2.45) is 0 Å². The van der Waals surface area contributed by atoms with Gasteiger partial charge in [0, 0.05) is 27.7 Å². The lowest BCUT2D eigenvalue weighted by atomic mass is 10.4. The highest BCUT2D eigenvalue weighted by molar-refractivity contribution is 5.79. The number of nitrogens with zero attached hydrogens (tertiary/aromatic N) is 2. The highest BCUT2D eigenvalue weighted by Gasteiger charge is 2.16. The van der Waals surface area contributed by atoms with E-state index < -0.39 is 0 Å². The number of carbonyl (C=O) groups excluding carboxylic acids is 2. The van der Waals surface area contributed by atoms with E-state index in [2.05, 4.69) is 0 Å². The molecule has 6 heteroatoms. The predicted octanol–water partition coefficient (Wildman–Crippen LogP) is -0.0254. The molecular weight excluding hydrogens is 236 g/mol. The van der Waals surface area contributed by atoms with Gasteiger partial charge in [0.2, 0.25) is 5.91 Å². The van der Waals surface area contributed by atoms with Gasteiger partial charge >= 0.3 is 5.97 Å². The lowest BCUT2D eigenvalue weighted by Gasteiger charge is -2.22. The van der Waals surface area contributed by atoms with E-state index in [-0.39, 0.29) is 31.1 Å². The number of rotatable bonds is 8. The van der Waals surface area contributed by atoms with Crippen LogP contribution in [0.1, 0.15) is 13.8 Å². The Morgan fingerprint density at radius 3 is 2.22 bits per heavy atom. The molecule has 1 amide bonds. The average molecular weight is 260 g/mol. The number of ether oxygens (including phenoxy) is 2. The summed E-state index contributed by atoms with van der Waals surface area (Å²) < 4.78 is 10.0. The number of likely N-dealkylation sites (N-methyl/N-ethyl adjacent to an activating group) is 1. The molecule has 18 heavy (non-hydrogen) atoms. The fraction of sp³-hybridized carbons (Fsp3) is 0.833. The van der Waals surface area contributed by atoms with E-state index >= 15 is 0 Å². The van der Waals surface area contributed by atoms with E-state index in [1.54, 1.807) is 40.0 Å². The van der Waals surface area contributed by atoms with Gasteiger partial charge in [-0.05, 0) is 13.8 Å². The predicted molar refractivity (Wildman–Crippen MR) is 68.2 cm³/mol.